The van der Waals surface area contributed by atoms with Crippen LogP contribution in [0.5, 0.6) is 0 Å². The van der Waals surface area contributed by atoms with Gasteiger partial charge in [-0.25, -0.2) is 4.99 Å². The van der Waals surface area contributed by atoms with E-state index in [1.54, 1.807) is 0 Å². The molecule has 1 amide bonds. The molecule has 0 spiro atoms. The van der Waals surface area contributed by atoms with E-state index in [4.69, 9.17) is 5.73 Å². The number of hydrogen-bond acceptors (Lipinski definition) is 2. The number of hydrogen-bond donors (Lipinski definition) is 2. The lowest BCUT2D eigenvalue weighted by molar-refractivity contribution is -0.157. The molecule has 0 aromatic carbocycles. The molecule has 1 atom stereocenters. The summed E-state index contributed by atoms with van der Waals surface area (Å²) >= 11 is 0. The van der Waals surface area contributed by atoms with Crippen LogP contribution in [0.4, 0.5) is 13.2 Å². The number of carbonyl (C=O) groups is 1. The van der Waals surface area contributed by atoms with Gasteiger partial charge in [0.15, 0.2) is 5.96 Å². The van der Waals surface area contributed by atoms with Gasteiger partial charge >= 0.3 is 6.18 Å². The van der Waals surface area contributed by atoms with Crippen LogP contribution in [0.25, 0.3) is 0 Å². The summed E-state index contributed by atoms with van der Waals surface area (Å²) in [6.45, 7) is 4.55. The Balaban J connectivity index is 4.13. The standard InChI is InChI=1S/C14H27F3N4O/c1-10(2)6-5-7-11(3)20-13(18)19-8-12(22)21(4)9-14(15,16)17/h10-11H,5-9H2,1-4H3,(H3,18,19,20). The van der Waals surface area contributed by atoms with Crippen molar-refractivity contribution >= 4 is 11.9 Å². The Morgan fingerprint density at radius 1 is 1.27 bits per heavy atom. The van der Waals surface area contributed by atoms with Gasteiger partial charge in [0, 0.05) is 13.1 Å². The maximum atomic E-state index is 12.1. The summed E-state index contributed by atoms with van der Waals surface area (Å²) in [4.78, 5) is 15.9. The molecule has 0 heterocycles. The molecule has 0 saturated heterocycles. The van der Waals surface area contributed by atoms with E-state index in [0.29, 0.717) is 10.8 Å². The molecule has 0 aliphatic carbocycles. The fourth-order valence-electron chi connectivity index (χ4n) is 1.83. The summed E-state index contributed by atoms with van der Waals surface area (Å²) in [7, 11) is 1.09. The van der Waals surface area contributed by atoms with Crippen LogP contribution in [0.1, 0.15) is 40.0 Å². The summed E-state index contributed by atoms with van der Waals surface area (Å²) in [5.41, 5.74) is 5.63. The van der Waals surface area contributed by atoms with E-state index in [1.165, 1.54) is 0 Å². The minimum Gasteiger partial charge on any atom is -0.370 e. The van der Waals surface area contributed by atoms with Crippen molar-refractivity contribution in [3.05, 3.63) is 0 Å². The highest BCUT2D eigenvalue weighted by atomic mass is 19.4. The van der Waals surface area contributed by atoms with Gasteiger partial charge in [0.1, 0.15) is 13.1 Å². The number of aliphatic imine (C=N–C) groups is 1. The van der Waals surface area contributed by atoms with Gasteiger partial charge in [0.25, 0.3) is 0 Å². The molecule has 5 nitrogen and oxygen atoms in total. The third-order valence-corrected chi connectivity index (χ3v) is 3.04. The monoisotopic (exact) mass is 324 g/mol. The molecule has 22 heavy (non-hydrogen) atoms. The molecular formula is C14H27F3N4O. The number of guanidine groups is 1. The van der Waals surface area contributed by atoms with Gasteiger partial charge in [-0.1, -0.05) is 26.7 Å². The molecule has 0 aliphatic rings. The number of rotatable bonds is 8. The summed E-state index contributed by atoms with van der Waals surface area (Å²) in [5.74, 6) is -0.0136. The average Bonchev–Trinajstić information content (AvgIpc) is 2.33. The zero-order valence-electron chi connectivity index (χ0n) is 13.7. The summed E-state index contributed by atoms with van der Waals surface area (Å²) in [5, 5.41) is 2.93. The van der Waals surface area contributed by atoms with Crippen LogP contribution in [-0.4, -0.2) is 49.1 Å². The molecule has 0 saturated carbocycles. The lowest BCUT2D eigenvalue weighted by Crippen LogP contribution is -2.40. The fourth-order valence-corrected chi connectivity index (χ4v) is 1.83. The number of likely N-dealkylation sites (N-methyl/N-ethyl adjacent to an activating group) is 1. The van der Waals surface area contributed by atoms with Gasteiger partial charge in [-0.05, 0) is 19.3 Å². The van der Waals surface area contributed by atoms with Crippen molar-refractivity contribution in [3.8, 4) is 0 Å². The van der Waals surface area contributed by atoms with E-state index in [9.17, 15) is 18.0 Å². The topological polar surface area (TPSA) is 70.7 Å². The number of amides is 1. The number of alkyl halides is 3. The summed E-state index contributed by atoms with van der Waals surface area (Å²) < 4.78 is 36.4. The highest BCUT2D eigenvalue weighted by Gasteiger charge is 2.30. The molecule has 0 rings (SSSR count). The third-order valence-electron chi connectivity index (χ3n) is 3.04. The summed E-state index contributed by atoms with van der Waals surface area (Å²) in [6, 6.07) is 0.102. The fraction of sp³-hybridized carbons (Fsp3) is 0.857. The molecule has 0 aromatic heterocycles. The number of halogens is 3. The van der Waals surface area contributed by atoms with Gasteiger partial charge < -0.3 is 16.0 Å². The van der Waals surface area contributed by atoms with E-state index in [-0.39, 0.29) is 12.0 Å². The van der Waals surface area contributed by atoms with Crippen molar-refractivity contribution in [2.45, 2.75) is 52.3 Å². The maximum absolute atomic E-state index is 12.1. The van der Waals surface area contributed by atoms with Gasteiger partial charge in [0.2, 0.25) is 5.91 Å². The zero-order chi connectivity index (χ0) is 17.3. The number of nitrogens with zero attached hydrogens (tertiary/aromatic N) is 2. The van der Waals surface area contributed by atoms with Gasteiger partial charge in [-0.3, -0.25) is 4.79 Å². The Kier molecular flexibility index (Phi) is 8.89. The van der Waals surface area contributed by atoms with Gasteiger partial charge in [-0.15, -0.1) is 0 Å². The Morgan fingerprint density at radius 3 is 2.36 bits per heavy atom. The molecule has 0 radical (unpaired) electrons. The molecule has 130 valence electrons. The second-order valence-corrected chi connectivity index (χ2v) is 5.94. The minimum atomic E-state index is -4.41. The van der Waals surface area contributed by atoms with Gasteiger partial charge in [-0.2, -0.15) is 13.2 Å². The Labute approximate surface area is 130 Å². The van der Waals surface area contributed by atoms with Crippen LogP contribution in [0.3, 0.4) is 0 Å². The van der Waals surface area contributed by atoms with E-state index in [2.05, 4.69) is 24.2 Å². The van der Waals surface area contributed by atoms with Crippen molar-refractivity contribution in [1.29, 1.82) is 0 Å². The predicted molar refractivity (Wildman–Crippen MR) is 81.5 cm³/mol. The first-order valence-electron chi connectivity index (χ1n) is 7.38. The van der Waals surface area contributed by atoms with Crippen LogP contribution in [0.15, 0.2) is 4.99 Å². The minimum absolute atomic E-state index is 0.0748. The second-order valence-electron chi connectivity index (χ2n) is 5.94. The quantitative estimate of drug-likeness (QED) is 0.531. The molecule has 0 aromatic rings. The largest absolute Gasteiger partial charge is 0.406 e. The Bertz CT molecular complexity index is 370. The van der Waals surface area contributed by atoms with Crippen LogP contribution in [0, 0.1) is 5.92 Å². The van der Waals surface area contributed by atoms with E-state index >= 15 is 0 Å². The average molecular weight is 324 g/mol. The molecule has 0 aliphatic heterocycles. The highest BCUT2D eigenvalue weighted by molar-refractivity contribution is 5.84. The normalized spacial score (nSPS) is 14.1. The molecule has 0 fully saturated rings. The molecule has 1 unspecified atom stereocenters. The lowest BCUT2D eigenvalue weighted by atomic mass is 10.0. The zero-order valence-corrected chi connectivity index (χ0v) is 13.7. The number of nitrogens with one attached hydrogen (secondary N) is 1. The van der Waals surface area contributed by atoms with E-state index in [0.717, 1.165) is 26.3 Å². The maximum Gasteiger partial charge on any atom is 0.406 e. The van der Waals surface area contributed by atoms with Crippen molar-refractivity contribution in [2.24, 2.45) is 16.6 Å². The van der Waals surface area contributed by atoms with Crippen LogP contribution < -0.4 is 11.1 Å². The third kappa shape index (κ3) is 11.2. The molecule has 3 N–H and O–H groups in total. The van der Waals surface area contributed by atoms with Crippen molar-refractivity contribution in [1.82, 2.24) is 10.2 Å². The molecular weight excluding hydrogens is 297 g/mol. The van der Waals surface area contributed by atoms with Gasteiger partial charge in [0.05, 0.1) is 0 Å². The SMILES string of the molecule is CC(C)CCCC(C)NC(N)=NCC(=O)N(C)CC(F)(F)F. The van der Waals surface area contributed by atoms with E-state index < -0.39 is 25.2 Å². The lowest BCUT2D eigenvalue weighted by Gasteiger charge is -2.18. The number of carbonyl (C=O) groups excluding carboxylic acids is 1. The number of nitrogens with two attached hydrogens (primary N) is 1. The summed E-state index contributed by atoms with van der Waals surface area (Å²) in [6.07, 6.45) is -1.34. The first kappa shape index (κ1) is 20.5. The Hall–Kier alpha value is -1.47. The van der Waals surface area contributed by atoms with Crippen LogP contribution in [-0.2, 0) is 4.79 Å². The van der Waals surface area contributed by atoms with Crippen molar-refractivity contribution in [2.75, 3.05) is 20.1 Å². The molecule has 0 bridgehead atoms. The van der Waals surface area contributed by atoms with Crippen molar-refractivity contribution < 1.29 is 18.0 Å². The van der Waals surface area contributed by atoms with Crippen LogP contribution >= 0.6 is 0 Å². The van der Waals surface area contributed by atoms with Crippen LogP contribution in [0.2, 0.25) is 0 Å². The van der Waals surface area contributed by atoms with Crippen molar-refractivity contribution in [3.63, 3.8) is 0 Å². The highest BCUT2D eigenvalue weighted by Crippen LogP contribution is 2.15. The Morgan fingerprint density at radius 2 is 1.86 bits per heavy atom. The molecule has 8 heteroatoms. The predicted octanol–water partition coefficient (Wildman–Crippen LogP) is 2.13. The first-order valence-corrected chi connectivity index (χ1v) is 7.38. The first-order chi connectivity index (χ1) is 10.0. The second kappa shape index (κ2) is 9.53. The smallest absolute Gasteiger partial charge is 0.370 e. The van der Waals surface area contributed by atoms with E-state index in [1.807, 2.05) is 6.92 Å².